The van der Waals surface area contributed by atoms with Gasteiger partial charge in [-0.2, -0.15) is 0 Å². The summed E-state index contributed by atoms with van der Waals surface area (Å²) >= 11 is 0. The maximum absolute atomic E-state index is 13.2. The number of aliphatic hydroxyl groups excluding tert-OH is 1. The number of β-amino-alcohol motifs (C(OH)–C–C–N with tert-alkyl or cyclic N) is 1. The number of hydrogen-bond donors (Lipinski definition) is 3. The van der Waals surface area contributed by atoms with Crippen LogP contribution in [0.1, 0.15) is 18.4 Å². The molecule has 1 aromatic carbocycles. The molecule has 3 amide bonds. The van der Waals surface area contributed by atoms with E-state index in [2.05, 4.69) is 10.6 Å². The highest BCUT2D eigenvalue weighted by atomic mass is 16.5. The van der Waals surface area contributed by atoms with E-state index >= 15 is 0 Å². The molecule has 0 saturated carbocycles. The molecular weight excluding hydrogens is 322 g/mol. The molecule has 7 heteroatoms. The van der Waals surface area contributed by atoms with E-state index in [1.54, 1.807) is 7.11 Å². The first-order chi connectivity index (χ1) is 12.1. The molecule has 25 heavy (non-hydrogen) atoms. The van der Waals surface area contributed by atoms with Crippen molar-refractivity contribution in [3.05, 3.63) is 29.8 Å². The van der Waals surface area contributed by atoms with Gasteiger partial charge >= 0.3 is 6.03 Å². The van der Waals surface area contributed by atoms with Crippen LogP contribution < -0.4 is 15.4 Å². The van der Waals surface area contributed by atoms with Crippen molar-refractivity contribution >= 4 is 11.9 Å². The first kappa shape index (κ1) is 17.7. The summed E-state index contributed by atoms with van der Waals surface area (Å²) in [7, 11) is 1.60. The van der Waals surface area contributed by atoms with E-state index in [-0.39, 0.29) is 25.0 Å². The zero-order chi connectivity index (χ0) is 17.9. The maximum Gasteiger partial charge on any atom is 0.325 e. The van der Waals surface area contributed by atoms with E-state index in [1.807, 2.05) is 24.3 Å². The predicted molar refractivity (Wildman–Crippen MR) is 92.4 cm³/mol. The lowest BCUT2D eigenvalue weighted by Gasteiger charge is -2.38. The molecule has 0 aliphatic carbocycles. The third-order valence-electron chi connectivity index (χ3n) is 5.18. The van der Waals surface area contributed by atoms with Crippen molar-refractivity contribution < 1.29 is 19.4 Å². The molecule has 2 fully saturated rings. The van der Waals surface area contributed by atoms with Gasteiger partial charge in [0.25, 0.3) is 5.91 Å². The predicted octanol–water partition coefficient (Wildman–Crippen LogP) is 0.520. The quantitative estimate of drug-likeness (QED) is 0.653. The Morgan fingerprint density at radius 2 is 2.08 bits per heavy atom. The summed E-state index contributed by atoms with van der Waals surface area (Å²) in [6, 6.07) is 7.17. The van der Waals surface area contributed by atoms with Crippen LogP contribution in [0, 0.1) is 5.92 Å². The van der Waals surface area contributed by atoms with Crippen LogP contribution in [0.5, 0.6) is 5.75 Å². The number of nitrogens with one attached hydrogen (secondary N) is 2. The number of imide groups is 1. The fourth-order valence-corrected chi connectivity index (χ4v) is 3.91. The van der Waals surface area contributed by atoms with Crippen LogP contribution >= 0.6 is 0 Å². The molecule has 3 rings (SSSR count). The summed E-state index contributed by atoms with van der Waals surface area (Å²) in [6.45, 7) is 1.44. The molecule has 2 aliphatic rings. The minimum atomic E-state index is -0.958. The number of nitrogens with zero attached hydrogens (tertiary/aromatic N) is 1. The molecule has 136 valence electrons. The number of piperidine rings is 1. The minimum absolute atomic E-state index is 0.0233. The number of carbonyl (C=O) groups is 2. The fourth-order valence-electron chi connectivity index (χ4n) is 3.91. The monoisotopic (exact) mass is 347 g/mol. The number of ether oxygens (including phenoxy) is 1. The van der Waals surface area contributed by atoms with Gasteiger partial charge in [-0.3, -0.25) is 9.69 Å². The second kappa shape index (κ2) is 7.41. The van der Waals surface area contributed by atoms with E-state index < -0.39 is 11.6 Å². The molecule has 2 heterocycles. The first-order valence-electron chi connectivity index (χ1n) is 8.69. The van der Waals surface area contributed by atoms with Crippen molar-refractivity contribution in [3.63, 3.8) is 0 Å². The highest BCUT2D eigenvalue weighted by Gasteiger charge is 2.55. The third-order valence-corrected chi connectivity index (χ3v) is 5.18. The van der Waals surface area contributed by atoms with Crippen LogP contribution in [0.3, 0.4) is 0 Å². The van der Waals surface area contributed by atoms with Gasteiger partial charge in [0.15, 0.2) is 0 Å². The van der Waals surface area contributed by atoms with Crippen molar-refractivity contribution in [3.8, 4) is 5.75 Å². The number of carbonyl (C=O) groups excluding carboxylic acids is 2. The lowest BCUT2D eigenvalue weighted by Crippen LogP contribution is -2.57. The van der Waals surface area contributed by atoms with Crippen LogP contribution in [0.25, 0.3) is 0 Å². The summed E-state index contributed by atoms with van der Waals surface area (Å²) in [5, 5.41) is 15.5. The molecule has 1 aromatic rings. The van der Waals surface area contributed by atoms with Gasteiger partial charge < -0.3 is 20.5 Å². The van der Waals surface area contributed by atoms with E-state index in [4.69, 9.17) is 4.74 Å². The Kier molecular flexibility index (Phi) is 5.24. The van der Waals surface area contributed by atoms with Crippen LogP contribution in [0.15, 0.2) is 24.3 Å². The zero-order valence-corrected chi connectivity index (χ0v) is 14.5. The Hall–Kier alpha value is -2.12. The molecule has 0 radical (unpaired) electrons. The number of methoxy groups -OCH3 is 1. The molecule has 0 bridgehead atoms. The highest BCUT2D eigenvalue weighted by molar-refractivity contribution is 6.07. The zero-order valence-electron chi connectivity index (χ0n) is 14.5. The van der Waals surface area contributed by atoms with Gasteiger partial charge in [0, 0.05) is 6.42 Å². The Balaban J connectivity index is 1.94. The fraction of sp³-hybridized carbons (Fsp3) is 0.556. The number of rotatable bonds is 6. The smallest absolute Gasteiger partial charge is 0.325 e. The van der Waals surface area contributed by atoms with Crippen molar-refractivity contribution in [2.24, 2.45) is 5.92 Å². The van der Waals surface area contributed by atoms with Crippen molar-refractivity contribution in [2.45, 2.75) is 24.8 Å². The molecule has 3 N–H and O–H groups in total. The van der Waals surface area contributed by atoms with Crippen molar-refractivity contribution in [1.82, 2.24) is 15.5 Å². The maximum atomic E-state index is 13.2. The number of urea groups is 1. The normalized spacial score (nSPS) is 24.5. The highest BCUT2D eigenvalue weighted by Crippen LogP contribution is 2.35. The van der Waals surface area contributed by atoms with Gasteiger partial charge in [-0.05, 0) is 49.5 Å². The van der Waals surface area contributed by atoms with Gasteiger partial charge in [0.2, 0.25) is 0 Å². The lowest BCUT2D eigenvalue weighted by atomic mass is 9.74. The van der Waals surface area contributed by atoms with E-state index in [1.165, 1.54) is 0 Å². The Bertz CT molecular complexity index is 645. The third kappa shape index (κ3) is 3.34. The summed E-state index contributed by atoms with van der Waals surface area (Å²) in [5.41, 5.74) is -0.0156. The topological polar surface area (TPSA) is 90.9 Å². The molecule has 7 nitrogen and oxygen atoms in total. The standard InChI is InChI=1S/C18H25N3O4/c1-25-15-4-2-3-13(11-15)12-18(14-5-7-19-8-6-14)16(23)21(9-10-22)17(24)20-18/h2-4,11,14,19,22H,5-10,12H2,1H3,(H,20,24)/t18-/m1/s1. The molecule has 2 aliphatic heterocycles. The van der Waals surface area contributed by atoms with E-state index in [9.17, 15) is 14.7 Å². The molecular formula is C18H25N3O4. The Morgan fingerprint density at radius 1 is 1.32 bits per heavy atom. The molecule has 1 atom stereocenters. The summed E-state index contributed by atoms with van der Waals surface area (Å²) < 4.78 is 5.28. The average Bonchev–Trinajstić information content (AvgIpc) is 2.88. The largest absolute Gasteiger partial charge is 0.497 e. The molecule has 0 spiro atoms. The van der Waals surface area contributed by atoms with Crippen molar-refractivity contribution in [2.75, 3.05) is 33.4 Å². The summed E-state index contributed by atoms with van der Waals surface area (Å²) in [5.74, 6) is 0.545. The van der Waals surface area contributed by atoms with Crippen LogP contribution in [-0.4, -0.2) is 60.8 Å². The number of hydrogen-bond acceptors (Lipinski definition) is 5. The molecule has 0 aromatic heterocycles. The number of amides is 3. The van der Waals surface area contributed by atoms with Crippen LogP contribution in [0.4, 0.5) is 4.79 Å². The van der Waals surface area contributed by atoms with E-state index in [0.29, 0.717) is 6.42 Å². The average molecular weight is 347 g/mol. The lowest BCUT2D eigenvalue weighted by molar-refractivity contribution is -0.134. The second-order valence-corrected chi connectivity index (χ2v) is 6.63. The Morgan fingerprint density at radius 3 is 2.76 bits per heavy atom. The molecule has 2 saturated heterocycles. The summed E-state index contributed by atoms with van der Waals surface area (Å²) in [6.07, 6.45) is 2.06. The second-order valence-electron chi connectivity index (χ2n) is 6.63. The minimum Gasteiger partial charge on any atom is -0.497 e. The van der Waals surface area contributed by atoms with Gasteiger partial charge in [-0.1, -0.05) is 12.1 Å². The summed E-state index contributed by atoms with van der Waals surface area (Å²) in [4.78, 5) is 26.7. The number of benzene rings is 1. The van der Waals surface area contributed by atoms with Gasteiger partial charge in [0.1, 0.15) is 11.3 Å². The van der Waals surface area contributed by atoms with Gasteiger partial charge in [-0.15, -0.1) is 0 Å². The van der Waals surface area contributed by atoms with Crippen LogP contribution in [0.2, 0.25) is 0 Å². The number of aliphatic hydroxyl groups is 1. The SMILES string of the molecule is COc1cccc(C[C@]2(C3CCNCC3)NC(=O)N(CCO)C2=O)c1. The molecule has 0 unspecified atom stereocenters. The van der Waals surface area contributed by atoms with Gasteiger partial charge in [0.05, 0.1) is 20.3 Å². The first-order valence-corrected chi connectivity index (χ1v) is 8.69. The van der Waals surface area contributed by atoms with Gasteiger partial charge in [-0.25, -0.2) is 4.79 Å². The van der Waals surface area contributed by atoms with Crippen LogP contribution in [-0.2, 0) is 11.2 Å². The Labute approximate surface area is 147 Å². The van der Waals surface area contributed by atoms with E-state index in [0.717, 1.165) is 42.1 Å². The van der Waals surface area contributed by atoms with Crippen molar-refractivity contribution in [1.29, 1.82) is 0 Å².